The predicted octanol–water partition coefficient (Wildman–Crippen LogP) is 9.57. The topological polar surface area (TPSA) is 78.9 Å². The Morgan fingerprint density at radius 1 is 0.980 bits per heavy atom. The van der Waals surface area contributed by atoms with Crippen LogP contribution in [0.15, 0.2) is 42.5 Å². The lowest BCUT2D eigenvalue weighted by molar-refractivity contribution is -0.231. The highest BCUT2D eigenvalue weighted by Crippen LogP contribution is 2.77. The van der Waals surface area contributed by atoms with Gasteiger partial charge in [-0.25, -0.2) is 10.3 Å². The number of rotatable bonds is 10. The lowest BCUT2D eigenvalue weighted by Gasteiger charge is -2.72. The van der Waals surface area contributed by atoms with Gasteiger partial charge in [0, 0.05) is 26.1 Å². The third-order valence-electron chi connectivity index (χ3n) is 16.6. The molecule has 5 fully saturated rings. The quantitative estimate of drug-likeness (QED) is 0.146. The van der Waals surface area contributed by atoms with Crippen LogP contribution in [0.25, 0.3) is 5.57 Å². The molecule has 4 saturated carbocycles. The van der Waals surface area contributed by atoms with Gasteiger partial charge in [-0.3, -0.25) is 4.79 Å². The number of benzene rings is 1. The van der Waals surface area contributed by atoms with E-state index in [9.17, 15) is 14.7 Å². The summed E-state index contributed by atoms with van der Waals surface area (Å²) in [6, 6.07) is 7.60. The third kappa shape index (κ3) is 5.47. The molecule has 50 heavy (non-hydrogen) atoms. The minimum absolute atomic E-state index is 0.0172. The lowest BCUT2D eigenvalue weighted by Crippen LogP contribution is -2.65. The van der Waals surface area contributed by atoms with Crippen LogP contribution in [0.5, 0.6) is 0 Å². The fourth-order valence-electron chi connectivity index (χ4n) is 14.0. The maximum absolute atomic E-state index is 12.0. The predicted molar refractivity (Wildman–Crippen MR) is 200 cm³/mol. The molecule has 9 atom stereocenters. The summed E-state index contributed by atoms with van der Waals surface area (Å²) in [5, 5.41) is 9.49. The number of fused-ring (bicyclic) bond motifs is 7. The van der Waals surface area contributed by atoms with E-state index >= 15 is 0 Å². The summed E-state index contributed by atoms with van der Waals surface area (Å²) >= 11 is 0. The summed E-state index contributed by atoms with van der Waals surface area (Å²) in [7, 11) is 0. The maximum Gasteiger partial charge on any atom is 0.335 e. The highest BCUT2D eigenvalue weighted by atomic mass is 16.6. The van der Waals surface area contributed by atoms with Gasteiger partial charge in [0.05, 0.1) is 12.2 Å². The highest BCUT2D eigenvalue weighted by Gasteiger charge is 2.70. The number of hydroxylamine groups is 1. The van der Waals surface area contributed by atoms with Crippen LogP contribution in [0.3, 0.4) is 0 Å². The lowest BCUT2D eigenvalue weighted by atomic mass is 9.32. The second-order valence-corrected chi connectivity index (χ2v) is 19.0. The Hall–Kier alpha value is -2.44. The molecule has 5 aliphatic carbocycles. The first kappa shape index (κ1) is 35.9. The van der Waals surface area contributed by atoms with Crippen molar-refractivity contribution in [3.8, 4) is 0 Å². The van der Waals surface area contributed by atoms with Crippen LogP contribution in [0.1, 0.15) is 135 Å². The van der Waals surface area contributed by atoms with Crippen molar-refractivity contribution < 1.29 is 19.5 Å². The Balaban J connectivity index is 1.10. The molecule has 1 aromatic carbocycles. The molecule has 6 heteroatoms. The van der Waals surface area contributed by atoms with Crippen molar-refractivity contribution >= 4 is 17.4 Å². The van der Waals surface area contributed by atoms with Crippen LogP contribution in [-0.4, -0.2) is 48.1 Å². The van der Waals surface area contributed by atoms with Gasteiger partial charge in [0.25, 0.3) is 0 Å². The molecule has 1 amide bonds. The first-order valence-electron chi connectivity index (χ1n) is 20.0. The monoisotopic (exact) mass is 684 g/mol. The molecule has 0 aromatic heterocycles. The van der Waals surface area contributed by atoms with E-state index in [1.165, 1.54) is 68.1 Å². The van der Waals surface area contributed by atoms with Gasteiger partial charge >= 0.3 is 5.97 Å². The number of amides is 1. The maximum atomic E-state index is 12.0. The van der Waals surface area contributed by atoms with Crippen LogP contribution in [0.2, 0.25) is 0 Å². The number of hydrogen-bond donors (Lipinski definition) is 2. The Morgan fingerprint density at radius 2 is 1.74 bits per heavy atom. The van der Waals surface area contributed by atoms with E-state index in [4.69, 9.17) is 4.84 Å². The van der Waals surface area contributed by atoms with Crippen molar-refractivity contribution in [2.24, 2.45) is 56.7 Å². The Bertz CT molecular complexity index is 1530. The minimum atomic E-state index is -0.865. The molecular weight excluding hydrogens is 620 g/mol. The molecule has 1 aliphatic heterocycles. The Labute approximate surface area is 301 Å². The molecule has 0 spiro atoms. The van der Waals surface area contributed by atoms with Gasteiger partial charge in [0.1, 0.15) is 0 Å². The SMILES string of the molecule is C=C(C)[C@@H]1CC[C@]2(CONCCCN3CCCC3=O)CC[C@]3(C)C(CCC4[C@@]5(C)CC=C(c6ccc(C(=O)O)cc6)C(C)(C)C5CC[C@]43C)C12. The number of carboxylic acids is 1. The van der Waals surface area contributed by atoms with E-state index in [1.54, 1.807) is 12.1 Å². The smallest absolute Gasteiger partial charge is 0.335 e. The zero-order chi connectivity index (χ0) is 35.7. The van der Waals surface area contributed by atoms with Crippen LogP contribution < -0.4 is 5.48 Å². The number of hydrogen-bond acceptors (Lipinski definition) is 4. The van der Waals surface area contributed by atoms with Gasteiger partial charge in [-0.1, -0.05) is 65.0 Å². The number of carbonyl (C=O) groups is 2. The fraction of sp³-hybridized carbons (Fsp3) is 0.727. The second-order valence-electron chi connectivity index (χ2n) is 19.0. The Morgan fingerprint density at radius 3 is 2.42 bits per heavy atom. The number of carbonyl (C=O) groups excluding carboxylic acids is 1. The number of nitrogens with one attached hydrogen (secondary N) is 1. The van der Waals surface area contributed by atoms with Crippen molar-refractivity contribution in [1.29, 1.82) is 0 Å². The van der Waals surface area contributed by atoms with Crippen LogP contribution in [0, 0.1) is 56.7 Å². The van der Waals surface area contributed by atoms with E-state index in [1.807, 2.05) is 17.0 Å². The molecule has 1 heterocycles. The van der Waals surface area contributed by atoms with Crippen LogP contribution >= 0.6 is 0 Å². The molecule has 0 radical (unpaired) electrons. The van der Waals surface area contributed by atoms with Gasteiger partial charge in [0.2, 0.25) is 5.91 Å². The normalized spacial score (nSPS) is 40.4. The van der Waals surface area contributed by atoms with E-state index in [0.29, 0.717) is 47.5 Å². The van der Waals surface area contributed by atoms with Crippen molar-refractivity contribution in [1.82, 2.24) is 10.4 Å². The zero-order valence-electron chi connectivity index (χ0n) is 31.9. The fourth-order valence-corrected chi connectivity index (χ4v) is 14.0. The summed E-state index contributed by atoms with van der Waals surface area (Å²) in [6.45, 7) is 23.2. The Kier molecular flexibility index (Phi) is 9.27. The summed E-state index contributed by atoms with van der Waals surface area (Å²) in [5.74, 6) is 2.58. The molecule has 2 N–H and O–H groups in total. The van der Waals surface area contributed by atoms with E-state index in [-0.39, 0.29) is 27.1 Å². The molecule has 1 saturated heterocycles. The summed E-state index contributed by atoms with van der Waals surface area (Å²) in [6.07, 6.45) is 16.4. The molecule has 4 unspecified atom stereocenters. The van der Waals surface area contributed by atoms with Crippen LogP contribution in [-0.2, 0) is 9.63 Å². The highest BCUT2D eigenvalue weighted by molar-refractivity contribution is 5.88. The number of aromatic carboxylic acids is 1. The van der Waals surface area contributed by atoms with Crippen molar-refractivity contribution in [3.05, 3.63) is 53.6 Å². The van der Waals surface area contributed by atoms with Gasteiger partial charge in [-0.15, -0.1) is 0 Å². The summed E-state index contributed by atoms with van der Waals surface area (Å²) in [4.78, 5) is 32.0. The zero-order valence-corrected chi connectivity index (χ0v) is 31.9. The first-order valence-corrected chi connectivity index (χ1v) is 20.0. The molecule has 6 aliphatic rings. The average Bonchev–Trinajstić information content (AvgIpc) is 3.66. The molecule has 274 valence electrons. The summed E-state index contributed by atoms with van der Waals surface area (Å²) in [5.41, 5.74) is 8.66. The number of allylic oxidation sites excluding steroid dienone is 3. The molecule has 7 rings (SSSR count). The van der Waals surface area contributed by atoms with Crippen LogP contribution in [0.4, 0.5) is 0 Å². The summed E-state index contributed by atoms with van der Waals surface area (Å²) < 4.78 is 0. The van der Waals surface area contributed by atoms with Gasteiger partial charge in [0.15, 0.2) is 0 Å². The molecule has 6 nitrogen and oxygen atoms in total. The largest absolute Gasteiger partial charge is 0.478 e. The molecule has 1 aromatic rings. The standard InChI is InChI=1S/C44H64N2O4/c1-29(2)32-17-22-44(28-50-45-25-9-27-46-26-8-10-37(46)47)24-23-42(6)34(38(32)44)15-16-36-41(5)20-18-33(30-11-13-31(14-12-30)39(48)49)40(3,4)35(41)19-21-43(36,42)7/h11-14,18,32,34-36,38,45H,1,8-10,15-17,19-28H2,2-7H3,(H,48,49)/t32-,34?,35?,36?,38?,41-,42+,43+,44+/m0/s1. The van der Waals surface area contributed by atoms with E-state index in [0.717, 1.165) is 45.5 Å². The minimum Gasteiger partial charge on any atom is -0.478 e. The van der Waals surface area contributed by atoms with E-state index < -0.39 is 5.97 Å². The van der Waals surface area contributed by atoms with Gasteiger partial charge in [-0.05, 0) is 157 Å². The molecule has 0 bridgehead atoms. The number of nitrogens with zero attached hydrogens (tertiary/aromatic N) is 1. The third-order valence-corrected chi connectivity index (χ3v) is 16.6. The number of likely N-dealkylation sites (tertiary alicyclic amines) is 1. The van der Waals surface area contributed by atoms with Gasteiger partial charge in [-0.2, -0.15) is 0 Å². The van der Waals surface area contributed by atoms with Crippen molar-refractivity contribution in [2.45, 2.75) is 119 Å². The van der Waals surface area contributed by atoms with Crippen molar-refractivity contribution in [3.63, 3.8) is 0 Å². The number of carboxylic acid groups (broad SMARTS) is 1. The first-order chi connectivity index (χ1) is 23.7. The second kappa shape index (κ2) is 12.9. The van der Waals surface area contributed by atoms with Crippen molar-refractivity contribution in [2.75, 3.05) is 26.2 Å². The molecular formula is C44H64N2O4. The van der Waals surface area contributed by atoms with E-state index in [2.05, 4.69) is 59.7 Å². The van der Waals surface area contributed by atoms with Gasteiger partial charge < -0.3 is 14.8 Å². The average molecular weight is 685 g/mol.